The zero-order chi connectivity index (χ0) is 18.7. The van der Waals surface area contributed by atoms with E-state index in [1.165, 1.54) is 31.0 Å². The van der Waals surface area contributed by atoms with E-state index in [1.54, 1.807) is 24.7 Å². The van der Waals surface area contributed by atoms with E-state index in [1.807, 2.05) is 0 Å². The van der Waals surface area contributed by atoms with Crippen LogP contribution in [-0.4, -0.2) is 38.4 Å². The summed E-state index contributed by atoms with van der Waals surface area (Å²) in [6.07, 6.45) is 0.228. The minimum Gasteiger partial charge on any atom is -0.479 e. The van der Waals surface area contributed by atoms with Gasteiger partial charge in [0.1, 0.15) is 10.8 Å². The molecular weight excluding hydrogens is 389 g/mol. The molecular formula is C15H15Cl2N3O4S. The van der Waals surface area contributed by atoms with E-state index in [9.17, 15) is 4.79 Å². The number of oxime groups is 1. The van der Waals surface area contributed by atoms with E-state index in [2.05, 4.69) is 10.3 Å². The van der Waals surface area contributed by atoms with E-state index >= 15 is 0 Å². The summed E-state index contributed by atoms with van der Waals surface area (Å²) in [5.74, 6) is -0.899. The fraction of sp³-hybridized carbons (Fsp3) is 0.267. The predicted molar refractivity (Wildman–Crippen MR) is 95.6 cm³/mol. The van der Waals surface area contributed by atoms with Crippen LogP contribution in [0.15, 0.2) is 27.2 Å². The van der Waals surface area contributed by atoms with Crippen molar-refractivity contribution < 1.29 is 19.8 Å². The number of carboxylic acids is 1. The van der Waals surface area contributed by atoms with E-state index in [4.69, 9.17) is 38.3 Å². The minimum atomic E-state index is -1.11. The van der Waals surface area contributed by atoms with Gasteiger partial charge in [-0.3, -0.25) is 4.68 Å². The lowest BCUT2D eigenvalue weighted by Gasteiger charge is -2.14. The molecule has 0 unspecified atom stereocenters. The Bertz CT molecular complexity index is 839. The van der Waals surface area contributed by atoms with Crippen molar-refractivity contribution in [3.63, 3.8) is 0 Å². The van der Waals surface area contributed by atoms with E-state index in [0.717, 1.165) is 0 Å². The minimum absolute atomic E-state index is 0.208. The van der Waals surface area contributed by atoms with Crippen LogP contribution in [-0.2, 0) is 11.8 Å². The Morgan fingerprint density at radius 3 is 2.72 bits per heavy atom. The molecule has 2 rings (SSSR count). The molecule has 10 heteroatoms. The molecule has 0 radical (unpaired) electrons. The van der Waals surface area contributed by atoms with E-state index in [-0.39, 0.29) is 10.8 Å². The van der Waals surface area contributed by atoms with E-state index < -0.39 is 12.1 Å². The number of ether oxygens (including phenoxy) is 1. The maximum Gasteiger partial charge on any atom is 0.344 e. The Morgan fingerprint density at radius 1 is 1.44 bits per heavy atom. The zero-order valence-electron chi connectivity index (χ0n) is 13.5. The van der Waals surface area contributed by atoms with Crippen LogP contribution < -0.4 is 4.74 Å². The highest BCUT2D eigenvalue weighted by Crippen LogP contribution is 2.40. The zero-order valence-corrected chi connectivity index (χ0v) is 15.9. The van der Waals surface area contributed by atoms with Crippen molar-refractivity contribution in [1.82, 2.24) is 9.78 Å². The summed E-state index contributed by atoms with van der Waals surface area (Å²) in [5, 5.41) is 26.4. The number of halogens is 2. The molecule has 0 saturated carbocycles. The number of hydrogen-bond donors (Lipinski definition) is 2. The van der Waals surface area contributed by atoms with Gasteiger partial charge >= 0.3 is 5.97 Å². The maximum absolute atomic E-state index is 11.0. The van der Waals surface area contributed by atoms with Crippen LogP contribution in [0.4, 0.5) is 0 Å². The van der Waals surface area contributed by atoms with Gasteiger partial charge in [-0.2, -0.15) is 5.10 Å². The van der Waals surface area contributed by atoms with Crippen molar-refractivity contribution in [1.29, 1.82) is 0 Å². The molecule has 0 saturated heterocycles. The molecule has 134 valence electrons. The standard InChI is InChI=1S/C15H15Cl2N3O4S/c1-7-9(6-18-23)14(20(3)19-7)25-13-5-12(10(16)4-11(13)17)24-8(2)15(21)22/h4-6,8,23H,1-3H3,(H,21,22)/b18-6+/t8-/m0/s1. The summed E-state index contributed by atoms with van der Waals surface area (Å²) in [6.45, 7) is 3.19. The number of rotatable bonds is 6. The van der Waals surface area contributed by atoms with Crippen molar-refractivity contribution in [2.24, 2.45) is 12.2 Å². The molecule has 0 bridgehead atoms. The third-order valence-corrected chi connectivity index (χ3v) is 5.20. The number of benzene rings is 1. The quantitative estimate of drug-likeness (QED) is 0.431. The molecule has 0 aliphatic rings. The number of aliphatic carboxylic acids is 1. The Balaban J connectivity index is 2.42. The van der Waals surface area contributed by atoms with Crippen molar-refractivity contribution in [2.45, 2.75) is 29.9 Å². The van der Waals surface area contributed by atoms with Gasteiger partial charge in [0.25, 0.3) is 0 Å². The fourth-order valence-electron chi connectivity index (χ4n) is 2.00. The first-order chi connectivity index (χ1) is 11.7. The van der Waals surface area contributed by atoms with Crippen LogP contribution in [0.5, 0.6) is 5.75 Å². The molecule has 1 heterocycles. The lowest BCUT2D eigenvalue weighted by atomic mass is 10.3. The number of aromatic nitrogens is 2. The molecule has 0 spiro atoms. The van der Waals surface area contributed by atoms with Gasteiger partial charge in [-0.05, 0) is 26.0 Å². The number of hydrogen-bond acceptors (Lipinski definition) is 6. The van der Waals surface area contributed by atoms with Crippen molar-refractivity contribution in [3.05, 3.63) is 33.4 Å². The lowest BCUT2D eigenvalue weighted by molar-refractivity contribution is -0.144. The SMILES string of the molecule is Cc1nn(C)c(Sc2cc(O[C@@H](C)C(=O)O)c(Cl)cc2Cl)c1/C=N/O. The summed E-state index contributed by atoms with van der Waals surface area (Å²) in [5.41, 5.74) is 1.33. The Kier molecular flexibility index (Phi) is 6.21. The van der Waals surface area contributed by atoms with Gasteiger partial charge in [-0.15, -0.1) is 0 Å². The van der Waals surface area contributed by atoms with Gasteiger partial charge in [0, 0.05) is 11.9 Å². The molecule has 0 fully saturated rings. The van der Waals surface area contributed by atoms with Crippen LogP contribution in [0.2, 0.25) is 10.0 Å². The number of carbonyl (C=O) groups is 1. The van der Waals surface area contributed by atoms with Crippen molar-refractivity contribution in [2.75, 3.05) is 0 Å². The molecule has 1 aromatic heterocycles. The summed E-state index contributed by atoms with van der Waals surface area (Å²) in [4.78, 5) is 11.6. The Hall–Kier alpha value is -1.90. The summed E-state index contributed by atoms with van der Waals surface area (Å²) in [6, 6.07) is 3.05. The monoisotopic (exact) mass is 403 g/mol. The molecule has 1 aromatic carbocycles. The average Bonchev–Trinajstić information content (AvgIpc) is 2.78. The molecule has 25 heavy (non-hydrogen) atoms. The van der Waals surface area contributed by atoms with Gasteiger partial charge in [0.15, 0.2) is 6.10 Å². The molecule has 1 atom stereocenters. The summed E-state index contributed by atoms with van der Waals surface area (Å²) >= 11 is 13.6. The molecule has 0 aliphatic carbocycles. The van der Waals surface area contributed by atoms with Gasteiger partial charge in [0.05, 0.1) is 27.5 Å². The van der Waals surface area contributed by atoms with Crippen LogP contribution in [0.25, 0.3) is 0 Å². The second kappa shape index (κ2) is 7.99. The van der Waals surface area contributed by atoms with Gasteiger partial charge < -0.3 is 15.1 Å². The summed E-state index contributed by atoms with van der Waals surface area (Å²) in [7, 11) is 1.75. The predicted octanol–water partition coefficient (Wildman–Crippen LogP) is 3.85. The highest BCUT2D eigenvalue weighted by atomic mass is 35.5. The second-order valence-electron chi connectivity index (χ2n) is 5.09. The topological polar surface area (TPSA) is 96.9 Å². The van der Waals surface area contributed by atoms with Crippen molar-refractivity contribution in [3.8, 4) is 5.75 Å². The molecule has 2 N–H and O–H groups in total. The van der Waals surface area contributed by atoms with Gasteiger partial charge in [-0.1, -0.05) is 40.1 Å². The smallest absolute Gasteiger partial charge is 0.344 e. The molecule has 0 amide bonds. The third kappa shape index (κ3) is 4.39. The van der Waals surface area contributed by atoms with Gasteiger partial charge in [0.2, 0.25) is 0 Å². The first-order valence-corrected chi connectivity index (χ1v) is 8.59. The number of nitrogens with zero attached hydrogens (tertiary/aromatic N) is 3. The largest absolute Gasteiger partial charge is 0.479 e. The molecule has 0 aliphatic heterocycles. The highest BCUT2D eigenvalue weighted by Gasteiger charge is 2.19. The third-order valence-electron chi connectivity index (χ3n) is 3.25. The summed E-state index contributed by atoms with van der Waals surface area (Å²) < 4.78 is 6.99. The average molecular weight is 404 g/mol. The van der Waals surface area contributed by atoms with Crippen LogP contribution >= 0.6 is 35.0 Å². The maximum atomic E-state index is 11.0. The van der Waals surface area contributed by atoms with Crippen molar-refractivity contribution >= 4 is 47.1 Å². The Morgan fingerprint density at radius 2 is 2.12 bits per heavy atom. The Labute approximate surface area is 158 Å². The first-order valence-electron chi connectivity index (χ1n) is 7.02. The fourth-order valence-corrected chi connectivity index (χ4v) is 3.56. The normalized spacial score (nSPS) is 12.5. The van der Waals surface area contributed by atoms with Crippen LogP contribution in [0, 0.1) is 6.92 Å². The van der Waals surface area contributed by atoms with E-state index in [0.29, 0.717) is 26.2 Å². The molecule has 7 nitrogen and oxygen atoms in total. The number of carboxylic acid groups (broad SMARTS) is 1. The number of aryl methyl sites for hydroxylation is 2. The highest BCUT2D eigenvalue weighted by molar-refractivity contribution is 7.99. The van der Waals surface area contributed by atoms with Crippen LogP contribution in [0.3, 0.4) is 0 Å². The van der Waals surface area contributed by atoms with Crippen LogP contribution in [0.1, 0.15) is 18.2 Å². The van der Waals surface area contributed by atoms with Gasteiger partial charge in [-0.25, -0.2) is 4.79 Å². The lowest BCUT2D eigenvalue weighted by Crippen LogP contribution is -2.23. The first kappa shape index (κ1) is 19.4. The second-order valence-corrected chi connectivity index (χ2v) is 6.93. The molecule has 2 aromatic rings.